The molecule has 1 aromatic rings. The molecule has 0 aliphatic carbocycles. The van der Waals surface area contributed by atoms with Crippen molar-refractivity contribution >= 4 is 11.6 Å². The number of hydrogen-bond donors (Lipinski definition) is 1. The molecule has 2 rings (SSSR count). The molecule has 82 valence electrons. The van der Waals surface area contributed by atoms with Gasteiger partial charge in [-0.3, -0.25) is 0 Å². The third-order valence-corrected chi connectivity index (χ3v) is 2.93. The highest BCUT2D eigenvalue weighted by atomic mass is 35.5. The Morgan fingerprint density at radius 1 is 1.53 bits per heavy atom. The Hall–Kier alpha value is -0.800. The summed E-state index contributed by atoms with van der Waals surface area (Å²) in [5, 5.41) is 3.48. The normalized spacial score (nSPS) is 24.5. The fraction of sp³-hybridized carbons (Fsp3) is 0.455. The fourth-order valence-corrected chi connectivity index (χ4v) is 2.20. The first-order chi connectivity index (χ1) is 7.11. The van der Waals surface area contributed by atoms with E-state index in [0.29, 0.717) is 10.8 Å². The van der Waals surface area contributed by atoms with Crippen LogP contribution in [0.4, 0.5) is 4.39 Å². The Kier molecular flexibility index (Phi) is 2.85. The molecule has 1 aliphatic rings. The van der Waals surface area contributed by atoms with Crippen LogP contribution in [0.3, 0.4) is 0 Å². The average molecular weight is 230 g/mol. The summed E-state index contributed by atoms with van der Waals surface area (Å²) in [6.45, 7) is 1.98. The van der Waals surface area contributed by atoms with Crippen LogP contribution in [0.25, 0.3) is 0 Å². The fourth-order valence-electron chi connectivity index (χ4n) is 1.94. The molecule has 2 atom stereocenters. The van der Waals surface area contributed by atoms with Crippen LogP contribution in [-0.2, 0) is 0 Å². The highest BCUT2D eigenvalue weighted by Crippen LogP contribution is 2.40. The van der Waals surface area contributed by atoms with Crippen molar-refractivity contribution in [1.82, 2.24) is 5.32 Å². The van der Waals surface area contributed by atoms with Crippen molar-refractivity contribution in [3.05, 3.63) is 28.5 Å². The molecule has 0 saturated heterocycles. The molecule has 0 spiro atoms. The molecule has 1 aliphatic heterocycles. The van der Waals surface area contributed by atoms with Gasteiger partial charge in [0, 0.05) is 18.0 Å². The van der Waals surface area contributed by atoms with Crippen LogP contribution < -0.4 is 10.1 Å². The molecule has 4 heteroatoms. The van der Waals surface area contributed by atoms with Crippen LogP contribution in [0.15, 0.2) is 12.1 Å². The van der Waals surface area contributed by atoms with Crippen LogP contribution in [0.5, 0.6) is 5.75 Å². The summed E-state index contributed by atoms with van der Waals surface area (Å²) < 4.78 is 18.8. The van der Waals surface area contributed by atoms with Crippen LogP contribution in [0.1, 0.15) is 24.9 Å². The summed E-state index contributed by atoms with van der Waals surface area (Å²) in [4.78, 5) is 0. The van der Waals surface area contributed by atoms with Gasteiger partial charge in [0.25, 0.3) is 0 Å². The lowest BCUT2D eigenvalue weighted by atomic mass is 9.97. The van der Waals surface area contributed by atoms with E-state index in [1.165, 1.54) is 12.1 Å². The van der Waals surface area contributed by atoms with Gasteiger partial charge in [-0.1, -0.05) is 11.6 Å². The van der Waals surface area contributed by atoms with Gasteiger partial charge in [0.2, 0.25) is 0 Å². The van der Waals surface area contributed by atoms with Gasteiger partial charge in [0.1, 0.15) is 11.6 Å². The molecule has 0 radical (unpaired) electrons. The lowest BCUT2D eigenvalue weighted by Crippen LogP contribution is -2.29. The number of fused-ring (bicyclic) bond motifs is 1. The van der Waals surface area contributed by atoms with E-state index in [1.807, 2.05) is 14.0 Å². The highest BCUT2D eigenvalue weighted by Gasteiger charge is 2.27. The summed E-state index contributed by atoms with van der Waals surface area (Å²) in [6, 6.07) is 2.87. The molecule has 0 fully saturated rings. The largest absolute Gasteiger partial charge is 0.489 e. The zero-order chi connectivity index (χ0) is 11.0. The van der Waals surface area contributed by atoms with E-state index in [-0.39, 0.29) is 18.0 Å². The van der Waals surface area contributed by atoms with Gasteiger partial charge < -0.3 is 10.1 Å². The first kappa shape index (κ1) is 10.7. The molecule has 15 heavy (non-hydrogen) atoms. The van der Waals surface area contributed by atoms with E-state index in [9.17, 15) is 4.39 Å². The molecule has 0 saturated carbocycles. The maximum Gasteiger partial charge on any atom is 0.143 e. The summed E-state index contributed by atoms with van der Waals surface area (Å²) in [6.07, 6.45) is 0.918. The molecule has 0 bridgehead atoms. The van der Waals surface area contributed by atoms with Crippen molar-refractivity contribution in [3.8, 4) is 5.75 Å². The standard InChI is InChI=1S/C11H13ClFNO/c1-6-3-10(14-2)8-4-7(13)5-9(12)11(8)15-6/h4-6,10,14H,3H2,1-2H3. The number of ether oxygens (including phenoxy) is 1. The van der Waals surface area contributed by atoms with Crippen molar-refractivity contribution in [1.29, 1.82) is 0 Å². The number of rotatable bonds is 1. The summed E-state index contributed by atoms with van der Waals surface area (Å²) in [5.41, 5.74) is 0.806. The van der Waals surface area contributed by atoms with E-state index in [0.717, 1.165) is 12.0 Å². The third kappa shape index (κ3) is 1.94. The minimum absolute atomic E-state index is 0.0953. The van der Waals surface area contributed by atoms with Crippen LogP contribution >= 0.6 is 11.6 Å². The Morgan fingerprint density at radius 3 is 2.93 bits per heavy atom. The van der Waals surface area contributed by atoms with E-state index in [1.54, 1.807) is 0 Å². The predicted octanol–water partition coefficient (Wildman–Crippen LogP) is 2.91. The van der Waals surface area contributed by atoms with Crippen molar-refractivity contribution < 1.29 is 9.13 Å². The molecule has 2 unspecified atom stereocenters. The van der Waals surface area contributed by atoms with Gasteiger partial charge in [-0.05, 0) is 26.1 Å². The average Bonchev–Trinajstić information content (AvgIpc) is 2.18. The van der Waals surface area contributed by atoms with Crippen molar-refractivity contribution in [2.24, 2.45) is 0 Å². The molecular formula is C11H13ClFNO. The Morgan fingerprint density at radius 2 is 2.27 bits per heavy atom. The third-order valence-electron chi connectivity index (χ3n) is 2.65. The molecule has 1 N–H and O–H groups in total. The molecule has 1 aromatic carbocycles. The van der Waals surface area contributed by atoms with Crippen LogP contribution in [0, 0.1) is 5.82 Å². The predicted molar refractivity (Wildman–Crippen MR) is 57.9 cm³/mol. The van der Waals surface area contributed by atoms with Gasteiger partial charge in [0.15, 0.2) is 0 Å². The second-order valence-corrected chi connectivity index (χ2v) is 4.22. The molecule has 1 heterocycles. The summed E-state index contributed by atoms with van der Waals surface area (Å²) in [7, 11) is 1.85. The lowest BCUT2D eigenvalue weighted by Gasteiger charge is -2.30. The number of halogens is 2. The minimum atomic E-state index is -0.322. The van der Waals surface area contributed by atoms with Gasteiger partial charge in [-0.15, -0.1) is 0 Å². The van der Waals surface area contributed by atoms with Gasteiger partial charge in [0.05, 0.1) is 11.1 Å². The molecule has 0 amide bonds. The van der Waals surface area contributed by atoms with Crippen molar-refractivity contribution in [3.63, 3.8) is 0 Å². The Labute approximate surface area is 93.4 Å². The van der Waals surface area contributed by atoms with Crippen molar-refractivity contribution in [2.75, 3.05) is 7.05 Å². The number of benzene rings is 1. The van der Waals surface area contributed by atoms with Gasteiger partial charge in [-0.2, -0.15) is 0 Å². The number of nitrogens with one attached hydrogen (secondary N) is 1. The summed E-state index contributed by atoms with van der Waals surface area (Å²) >= 11 is 5.94. The second kappa shape index (κ2) is 3.99. The lowest BCUT2D eigenvalue weighted by molar-refractivity contribution is 0.168. The van der Waals surface area contributed by atoms with Crippen LogP contribution in [0.2, 0.25) is 5.02 Å². The topological polar surface area (TPSA) is 21.3 Å². The molecule has 2 nitrogen and oxygen atoms in total. The maximum absolute atomic E-state index is 13.2. The number of hydrogen-bond acceptors (Lipinski definition) is 2. The van der Waals surface area contributed by atoms with E-state index in [2.05, 4.69) is 5.32 Å². The maximum atomic E-state index is 13.2. The monoisotopic (exact) mass is 229 g/mol. The zero-order valence-electron chi connectivity index (χ0n) is 8.68. The summed E-state index contributed by atoms with van der Waals surface area (Å²) in [5.74, 6) is 0.285. The zero-order valence-corrected chi connectivity index (χ0v) is 9.44. The van der Waals surface area contributed by atoms with Crippen molar-refractivity contribution in [2.45, 2.75) is 25.5 Å². The first-order valence-electron chi connectivity index (χ1n) is 4.94. The minimum Gasteiger partial charge on any atom is -0.489 e. The smallest absolute Gasteiger partial charge is 0.143 e. The Balaban J connectivity index is 2.51. The van der Waals surface area contributed by atoms with E-state index in [4.69, 9.17) is 16.3 Å². The first-order valence-corrected chi connectivity index (χ1v) is 5.32. The van der Waals surface area contributed by atoms with Gasteiger partial charge in [-0.25, -0.2) is 4.39 Å². The molecule has 0 aromatic heterocycles. The van der Waals surface area contributed by atoms with E-state index >= 15 is 0 Å². The van der Waals surface area contributed by atoms with Gasteiger partial charge >= 0.3 is 0 Å². The van der Waals surface area contributed by atoms with Crippen LogP contribution in [-0.4, -0.2) is 13.2 Å². The highest BCUT2D eigenvalue weighted by molar-refractivity contribution is 6.32. The second-order valence-electron chi connectivity index (χ2n) is 3.81. The molecular weight excluding hydrogens is 217 g/mol. The quantitative estimate of drug-likeness (QED) is 0.800. The Bertz CT molecular complexity index is 383. The SMILES string of the molecule is CNC1CC(C)Oc2c(Cl)cc(F)cc21. The van der Waals surface area contributed by atoms with E-state index < -0.39 is 0 Å².